The summed E-state index contributed by atoms with van der Waals surface area (Å²) in [7, 11) is 0. The van der Waals surface area contributed by atoms with E-state index in [1.54, 1.807) is 12.3 Å². The first-order valence-corrected chi connectivity index (χ1v) is 6.07. The molecule has 0 aliphatic heterocycles. The van der Waals surface area contributed by atoms with Crippen molar-refractivity contribution in [1.29, 1.82) is 0 Å². The van der Waals surface area contributed by atoms with Crippen molar-refractivity contribution in [2.24, 2.45) is 0 Å². The maximum absolute atomic E-state index is 13.7. The fraction of sp³-hybridized carbons (Fsp3) is 0.286. The highest BCUT2D eigenvalue weighted by atomic mass is 19.1. The van der Waals surface area contributed by atoms with Gasteiger partial charge in [0.2, 0.25) is 0 Å². The van der Waals surface area contributed by atoms with Gasteiger partial charge in [0.05, 0.1) is 12.2 Å². The Bertz CT molecular complexity index is 570. The van der Waals surface area contributed by atoms with Crippen molar-refractivity contribution in [3.63, 3.8) is 0 Å². The summed E-state index contributed by atoms with van der Waals surface area (Å²) in [5.41, 5.74) is 0.725. The predicted octanol–water partition coefficient (Wildman–Crippen LogP) is 2.92. The fourth-order valence-corrected chi connectivity index (χ4v) is 1.63. The molecule has 3 nitrogen and oxygen atoms in total. The highest BCUT2D eigenvalue weighted by Gasteiger charge is 2.09. The van der Waals surface area contributed by atoms with Gasteiger partial charge in [-0.25, -0.2) is 18.7 Å². The minimum absolute atomic E-state index is 0.273. The maximum Gasteiger partial charge on any atom is 0.142 e. The molecule has 0 saturated heterocycles. The first kappa shape index (κ1) is 13.5. The van der Waals surface area contributed by atoms with E-state index in [0.717, 1.165) is 6.07 Å². The first-order valence-electron chi connectivity index (χ1n) is 6.07. The van der Waals surface area contributed by atoms with Crippen LogP contribution in [0.25, 0.3) is 11.3 Å². The standard InChI is InChI=1S/C14H15F2N3/c1-9(2)18-8-14-17-6-5-13(19-14)11-4-3-10(15)7-12(11)16/h3-7,9,18H,8H2,1-2H3. The summed E-state index contributed by atoms with van der Waals surface area (Å²) in [5, 5.41) is 3.19. The Morgan fingerprint density at radius 3 is 2.68 bits per heavy atom. The lowest BCUT2D eigenvalue weighted by atomic mass is 10.1. The van der Waals surface area contributed by atoms with Crippen molar-refractivity contribution >= 4 is 0 Å². The third-order valence-corrected chi connectivity index (χ3v) is 2.58. The van der Waals surface area contributed by atoms with Gasteiger partial charge >= 0.3 is 0 Å². The van der Waals surface area contributed by atoms with E-state index >= 15 is 0 Å². The van der Waals surface area contributed by atoms with Crippen LogP contribution in [-0.4, -0.2) is 16.0 Å². The van der Waals surface area contributed by atoms with Crippen LogP contribution in [0.3, 0.4) is 0 Å². The van der Waals surface area contributed by atoms with Crippen LogP contribution in [0.2, 0.25) is 0 Å². The maximum atomic E-state index is 13.7. The molecule has 0 unspecified atom stereocenters. The van der Waals surface area contributed by atoms with Crippen LogP contribution in [0.4, 0.5) is 8.78 Å². The Morgan fingerprint density at radius 2 is 2.00 bits per heavy atom. The molecule has 100 valence electrons. The number of nitrogens with one attached hydrogen (secondary N) is 1. The van der Waals surface area contributed by atoms with E-state index in [-0.39, 0.29) is 5.56 Å². The van der Waals surface area contributed by atoms with Gasteiger partial charge in [-0.3, -0.25) is 0 Å². The molecule has 0 amide bonds. The first-order chi connectivity index (χ1) is 9.06. The van der Waals surface area contributed by atoms with Crippen LogP contribution in [-0.2, 0) is 6.54 Å². The molecular formula is C14H15F2N3. The Kier molecular flexibility index (Phi) is 4.16. The van der Waals surface area contributed by atoms with E-state index in [1.165, 1.54) is 12.1 Å². The summed E-state index contributed by atoms with van der Waals surface area (Å²) < 4.78 is 26.5. The second-order valence-electron chi connectivity index (χ2n) is 4.52. The minimum Gasteiger partial charge on any atom is -0.308 e. The number of rotatable bonds is 4. The van der Waals surface area contributed by atoms with Gasteiger partial charge in [0.1, 0.15) is 17.5 Å². The molecule has 19 heavy (non-hydrogen) atoms. The smallest absolute Gasteiger partial charge is 0.142 e. The summed E-state index contributed by atoms with van der Waals surface area (Å²) in [6.45, 7) is 4.54. The van der Waals surface area contributed by atoms with Gasteiger partial charge in [-0.1, -0.05) is 13.8 Å². The highest BCUT2D eigenvalue weighted by Crippen LogP contribution is 2.21. The molecule has 1 heterocycles. The molecule has 0 aliphatic rings. The van der Waals surface area contributed by atoms with Gasteiger partial charge in [0, 0.05) is 23.9 Å². The Balaban J connectivity index is 2.27. The van der Waals surface area contributed by atoms with E-state index < -0.39 is 11.6 Å². The molecule has 0 radical (unpaired) electrons. The van der Waals surface area contributed by atoms with Crippen molar-refractivity contribution < 1.29 is 8.78 Å². The number of benzene rings is 1. The minimum atomic E-state index is -0.624. The second kappa shape index (κ2) is 5.84. The van der Waals surface area contributed by atoms with Crippen molar-refractivity contribution in [3.05, 3.63) is 47.9 Å². The topological polar surface area (TPSA) is 37.8 Å². The lowest BCUT2D eigenvalue weighted by Crippen LogP contribution is -2.23. The van der Waals surface area contributed by atoms with E-state index in [1.807, 2.05) is 13.8 Å². The molecule has 0 bridgehead atoms. The zero-order valence-electron chi connectivity index (χ0n) is 10.8. The lowest BCUT2D eigenvalue weighted by Gasteiger charge is -2.08. The predicted molar refractivity (Wildman–Crippen MR) is 69.4 cm³/mol. The van der Waals surface area contributed by atoms with Crippen LogP contribution in [0.1, 0.15) is 19.7 Å². The molecule has 1 aromatic heterocycles. The summed E-state index contributed by atoms with van der Waals surface area (Å²) in [5.74, 6) is -0.645. The number of halogens is 2. The SMILES string of the molecule is CC(C)NCc1nccc(-c2ccc(F)cc2F)n1. The lowest BCUT2D eigenvalue weighted by molar-refractivity contribution is 0.571. The van der Waals surface area contributed by atoms with Gasteiger partial charge in [0.25, 0.3) is 0 Å². The molecule has 0 atom stereocenters. The molecule has 1 aromatic carbocycles. The summed E-state index contributed by atoms with van der Waals surface area (Å²) in [6.07, 6.45) is 1.57. The van der Waals surface area contributed by atoms with Crippen LogP contribution in [0.5, 0.6) is 0 Å². The van der Waals surface area contributed by atoms with Gasteiger partial charge < -0.3 is 5.32 Å². The second-order valence-corrected chi connectivity index (χ2v) is 4.52. The normalized spacial score (nSPS) is 11.0. The Morgan fingerprint density at radius 1 is 1.21 bits per heavy atom. The van der Waals surface area contributed by atoms with Crippen molar-refractivity contribution in [2.45, 2.75) is 26.4 Å². The molecule has 0 fully saturated rings. The third kappa shape index (κ3) is 3.54. The molecule has 0 aliphatic carbocycles. The Labute approximate surface area is 110 Å². The summed E-state index contributed by atoms with van der Waals surface area (Å²) >= 11 is 0. The molecule has 5 heteroatoms. The van der Waals surface area contributed by atoms with Crippen molar-refractivity contribution in [3.8, 4) is 11.3 Å². The zero-order chi connectivity index (χ0) is 13.8. The quantitative estimate of drug-likeness (QED) is 0.921. The Hall–Kier alpha value is -1.88. The molecular weight excluding hydrogens is 248 g/mol. The van der Waals surface area contributed by atoms with E-state index in [0.29, 0.717) is 24.1 Å². The van der Waals surface area contributed by atoms with Crippen molar-refractivity contribution in [2.75, 3.05) is 0 Å². The highest BCUT2D eigenvalue weighted by molar-refractivity contribution is 5.59. The number of hydrogen-bond acceptors (Lipinski definition) is 3. The van der Waals surface area contributed by atoms with Crippen molar-refractivity contribution in [1.82, 2.24) is 15.3 Å². The fourth-order valence-electron chi connectivity index (χ4n) is 1.63. The van der Waals surface area contributed by atoms with Gasteiger partial charge in [-0.15, -0.1) is 0 Å². The van der Waals surface area contributed by atoms with Gasteiger partial charge in [0.15, 0.2) is 0 Å². The van der Waals surface area contributed by atoms with Gasteiger partial charge in [-0.05, 0) is 18.2 Å². The van der Waals surface area contributed by atoms with E-state index in [4.69, 9.17) is 0 Å². The molecule has 2 aromatic rings. The molecule has 2 rings (SSSR count). The molecule has 1 N–H and O–H groups in total. The van der Waals surface area contributed by atoms with Crippen LogP contribution in [0, 0.1) is 11.6 Å². The van der Waals surface area contributed by atoms with Crippen LogP contribution < -0.4 is 5.32 Å². The molecule has 0 saturated carbocycles. The van der Waals surface area contributed by atoms with Gasteiger partial charge in [-0.2, -0.15) is 0 Å². The van der Waals surface area contributed by atoms with E-state index in [9.17, 15) is 8.78 Å². The third-order valence-electron chi connectivity index (χ3n) is 2.58. The average molecular weight is 263 g/mol. The number of hydrogen-bond donors (Lipinski definition) is 1. The summed E-state index contributed by atoms with van der Waals surface area (Å²) in [6, 6.07) is 5.37. The van der Waals surface area contributed by atoms with Crippen LogP contribution >= 0.6 is 0 Å². The monoisotopic (exact) mass is 263 g/mol. The average Bonchev–Trinajstić information content (AvgIpc) is 2.36. The van der Waals surface area contributed by atoms with Crippen LogP contribution in [0.15, 0.2) is 30.5 Å². The largest absolute Gasteiger partial charge is 0.308 e. The zero-order valence-corrected chi connectivity index (χ0v) is 10.8. The number of nitrogens with zero attached hydrogens (tertiary/aromatic N) is 2. The summed E-state index contributed by atoms with van der Waals surface area (Å²) in [4.78, 5) is 8.38. The molecule has 0 spiro atoms. The van der Waals surface area contributed by atoms with E-state index in [2.05, 4.69) is 15.3 Å². The number of aromatic nitrogens is 2.